The number of anilines is 1. The summed E-state index contributed by atoms with van der Waals surface area (Å²) >= 11 is 9.09. The van der Waals surface area contributed by atoms with E-state index in [-0.39, 0.29) is 10.6 Å². The van der Waals surface area contributed by atoms with E-state index in [1.54, 1.807) is 18.2 Å². The first-order valence-corrected chi connectivity index (χ1v) is 6.79. The number of ether oxygens (including phenoxy) is 1. The molecule has 6 heteroatoms. The fourth-order valence-corrected chi connectivity index (χ4v) is 2.22. The standard InChI is InChI=1S/C14H10BrClFNO2/c1-20-12-6-5-8(15)7-11(12)18-14(19)9-3-2-4-10(17)13(9)16/h2-7H,1H3,(H,18,19). The first kappa shape index (κ1) is 14.8. The molecule has 0 heterocycles. The number of carbonyl (C=O) groups excluding carboxylic acids is 1. The molecule has 0 unspecified atom stereocenters. The van der Waals surface area contributed by atoms with Crippen LogP contribution < -0.4 is 10.1 Å². The fraction of sp³-hybridized carbons (Fsp3) is 0.0714. The average molecular weight is 359 g/mol. The van der Waals surface area contributed by atoms with Gasteiger partial charge in [0.15, 0.2) is 0 Å². The highest BCUT2D eigenvalue weighted by Crippen LogP contribution is 2.29. The van der Waals surface area contributed by atoms with Gasteiger partial charge in [-0.1, -0.05) is 33.6 Å². The maximum Gasteiger partial charge on any atom is 0.257 e. The summed E-state index contributed by atoms with van der Waals surface area (Å²) in [7, 11) is 1.49. The van der Waals surface area contributed by atoms with Crippen molar-refractivity contribution in [3.8, 4) is 5.75 Å². The summed E-state index contributed by atoms with van der Waals surface area (Å²) in [6.07, 6.45) is 0. The number of hydrogen-bond donors (Lipinski definition) is 1. The molecule has 0 aromatic heterocycles. The summed E-state index contributed by atoms with van der Waals surface area (Å²) in [5.74, 6) is -0.652. The third-order valence-electron chi connectivity index (χ3n) is 2.61. The highest BCUT2D eigenvalue weighted by Gasteiger charge is 2.15. The van der Waals surface area contributed by atoms with Gasteiger partial charge in [-0.2, -0.15) is 0 Å². The van der Waals surface area contributed by atoms with Crippen LogP contribution in [0, 0.1) is 5.82 Å². The molecule has 0 aliphatic heterocycles. The van der Waals surface area contributed by atoms with E-state index >= 15 is 0 Å². The molecule has 2 aromatic carbocycles. The van der Waals surface area contributed by atoms with Crippen LogP contribution in [0.25, 0.3) is 0 Å². The predicted molar refractivity (Wildman–Crippen MR) is 80.1 cm³/mol. The van der Waals surface area contributed by atoms with E-state index < -0.39 is 11.7 Å². The minimum Gasteiger partial charge on any atom is -0.495 e. The largest absolute Gasteiger partial charge is 0.495 e. The van der Waals surface area contributed by atoms with Gasteiger partial charge in [-0.25, -0.2) is 4.39 Å². The molecule has 0 aliphatic rings. The van der Waals surface area contributed by atoms with Gasteiger partial charge in [-0.05, 0) is 30.3 Å². The molecule has 20 heavy (non-hydrogen) atoms. The van der Waals surface area contributed by atoms with Crippen LogP contribution >= 0.6 is 27.5 Å². The summed E-state index contributed by atoms with van der Waals surface area (Å²) in [6, 6.07) is 9.23. The molecule has 3 nitrogen and oxygen atoms in total. The zero-order valence-corrected chi connectivity index (χ0v) is 12.8. The number of nitrogens with one attached hydrogen (secondary N) is 1. The number of hydrogen-bond acceptors (Lipinski definition) is 2. The van der Waals surface area contributed by atoms with Crippen LogP contribution in [0.3, 0.4) is 0 Å². The Kier molecular flexibility index (Phi) is 4.62. The molecule has 0 fully saturated rings. The monoisotopic (exact) mass is 357 g/mol. The average Bonchev–Trinajstić information content (AvgIpc) is 2.42. The highest BCUT2D eigenvalue weighted by atomic mass is 79.9. The van der Waals surface area contributed by atoms with E-state index in [0.717, 1.165) is 4.47 Å². The highest BCUT2D eigenvalue weighted by molar-refractivity contribution is 9.10. The van der Waals surface area contributed by atoms with Crippen LogP contribution in [-0.2, 0) is 0 Å². The summed E-state index contributed by atoms with van der Waals surface area (Å²) in [4.78, 5) is 12.1. The Balaban J connectivity index is 2.32. The molecule has 0 saturated heterocycles. The molecular weight excluding hydrogens is 349 g/mol. The van der Waals surface area contributed by atoms with Gasteiger partial charge < -0.3 is 10.1 Å². The van der Waals surface area contributed by atoms with Gasteiger partial charge in [0.1, 0.15) is 11.6 Å². The van der Waals surface area contributed by atoms with Gasteiger partial charge >= 0.3 is 0 Å². The second kappa shape index (κ2) is 6.24. The molecule has 0 saturated carbocycles. The van der Waals surface area contributed by atoms with E-state index in [4.69, 9.17) is 16.3 Å². The van der Waals surface area contributed by atoms with Gasteiger partial charge in [-0.3, -0.25) is 4.79 Å². The van der Waals surface area contributed by atoms with Crippen molar-refractivity contribution in [2.24, 2.45) is 0 Å². The van der Waals surface area contributed by atoms with E-state index in [2.05, 4.69) is 21.2 Å². The molecule has 0 radical (unpaired) electrons. The molecule has 104 valence electrons. The first-order chi connectivity index (χ1) is 9.52. The lowest BCUT2D eigenvalue weighted by molar-refractivity contribution is 0.102. The zero-order valence-electron chi connectivity index (χ0n) is 10.4. The molecule has 0 atom stereocenters. The summed E-state index contributed by atoms with van der Waals surface area (Å²) in [5.41, 5.74) is 0.529. The van der Waals surface area contributed by atoms with Gasteiger partial charge in [0.05, 0.1) is 23.4 Å². The van der Waals surface area contributed by atoms with Gasteiger partial charge in [0, 0.05) is 4.47 Å². The quantitative estimate of drug-likeness (QED) is 0.877. The Hall–Kier alpha value is -1.59. The molecule has 2 rings (SSSR count). The maximum atomic E-state index is 13.3. The van der Waals surface area contributed by atoms with Crippen LogP contribution in [0.1, 0.15) is 10.4 Å². The Morgan fingerprint density at radius 2 is 2.10 bits per heavy atom. The lowest BCUT2D eigenvalue weighted by Crippen LogP contribution is -2.13. The zero-order chi connectivity index (χ0) is 14.7. The van der Waals surface area contributed by atoms with Crippen LogP contribution in [0.2, 0.25) is 5.02 Å². The normalized spacial score (nSPS) is 10.2. The molecule has 0 bridgehead atoms. The summed E-state index contributed by atoms with van der Waals surface area (Å²) < 4.78 is 19.3. The summed E-state index contributed by atoms with van der Waals surface area (Å²) in [6.45, 7) is 0. The molecule has 1 N–H and O–H groups in total. The van der Waals surface area contributed by atoms with Crippen molar-refractivity contribution in [1.29, 1.82) is 0 Å². The lowest BCUT2D eigenvalue weighted by Gasteiger charge is -2.11. The van der Waals surface area contributed by atoms with Crippen molar-refractivity contribution in [1.82, 2.24) is 0 Å². The van der Waals surface area contributed by atoms with Crippen molar-refractivity contribution in [2.45, 2.75) is 0 Å². The molecular formula is C14H10BrClFNO2. The third kappa shape index (κ3) is 3.11. The number of amides is 1. The van der Waals surface area contributed by atoms with E-state index in [0.29, 0.717) is 11.4 Å². The minimum atomic E-state index is -0.638. The summed E-state index contributed by atoms with van der Waals surface area (Å²) in [5, 5.41) is 2.43. The SMILES string of the molecule is COc1ccc(Br)cc1NC(=O)c1cccc(F)c1Cl. The van der Waals surface area contributed by atoms with Crippen LogP contribution in [0.5, 0.6) is 5.75 Å². The predicted octanol–water partition coefficient (Wildman–Crippen LogP) is 4.50. The molecule has 1 amide bonds. The van der Waals surface area contributed by atoms with Gasteiger partial charge in [-0.15, -0.1) is 0 Å². The minimum absolute atomic E-state index is 0.0636. The fourth-order valence-electron chi connectivity index (χ4n) is 1.65. The number of benzene rings is 2. The van der Waals surface area contributed by atoms with Crippen LogP contribution in [-0.4, -0.2) is 13.0 Å². The number of rotatable bonds is 3. The van der Waals surface area contributed by atoms with Crippen molar-refractivity contribution >= 4 is 39.1 Å². The van der Waals surface area contributed by atoms with Crippen LogP contribution in [0.15, 0.2) is 40.9 Å². The Bertz CT molecular complexity index is 664. The second-order valence-corrected chi connectivity index (χ2v) is 5.19. The van der Waals surface area contributed by atoms with Crippen molar-refractivity contribution in [2.75, 3.05) is 12.4 Å². The van der Waals surface area contributed by atoms with Crippen molar-refractivity contribution < 1.29 is 13.9 Å². The smallest absolute Gasteiger partial charge is 0.257 e. The van der Waals surface area contributed by atoms with E-state index in [9.17, 15) is 9.18 Å². The third-order valence-corrected chi connectivity index (χ3v) is 3.48. The van der Waals surface area contributed by atoms with E-state index in [1.165, 1.54) is 25.3 Å². The second-order valence-electron chi connectivity index (χ2n) is 3.90. The van der Waals surface area contributed by atoms with Crippen molar-refractivity contribution in [3.05, 3.63) is 57.3 Å². The van der Waals surface area contributed by atoms with Crippen molar-refractivity contribution in [3.63, 3.8) is 0 Å². The van der Waals surface area contributed by atoms with Gasteiger partial charge in [0.25, 0.3) is 5.91 Å². The lowest BCUT2D eigenvalue weighted by atomic mass is 10.2. The Morgan fingerprint density at radius 1 is 1.35 bits per heavy atom. The Morgan fingerprint density at radius 3 is 2.80 bits per heavy atom. The van der Waals surface area contributed by atoms with E-state index in [1.807, 2.05) is 0 Å². The Labute approximate surface area is 128 Å². The molecule has 0 spiro atoms. The molecule has 0 aliphatic carbocycles. The van der Waals surface area contributed by atoms with Gasteiger partial charge in [0.2, 0.25) is 0 Å². The maximum absolute atomic E-state index is 13.3. The first-order valence-electron chi connectivity index (χ1n) is 5.62. The topological polar surface area (TPSA) is 38.3 Å². The number of methoxy groups -OCH3 is 1. The molecule has 2 aromatic rings. The number of halogens is 3. The number of carbonyl (C=O) groups is 1. The van der Waals surface area contributed by atoms with Crippen LogP contribution in [0.4, 0.5) is 10.1 Å².